The van der Waals surface area contributed by atoms with Crippen LogP contribution in [0.5, 0.6) is 0 Å². The summed E-state index contributed by atoms with van der Waals surface area (Å²) in [7, 11) is 0. The Kier molecular flexibility index (Phi) is 9.70. The zero-order valence-electron chi connectivity index (χ0n) is 15.8. The summed E-state index contributed by atoms with van der Waals surface area (Å²) in [6.07, 6.45) is 13.8. The Labute approximate surface area is 144 Å². The second-order valence-corrected chi connectivity index (χ2v) is 6.29. The number of hydrogen-bond donors (Lipinski definition) is 1. The van der Waals surface area contributed by atoms with E-state index >= 15 is 0 Å². The van der Waals surface area contributed by atoms with Crippen LogP contribution < -0.4 is 5.32 Å². The lowest BCUT2D eigenvalue weighted by Gasteiger charge is -2.20. The summed E-state index contributed by atoms with van der Waals surface area (Å²) in [5.41, 5.74) is 5.35. The maximum Gasteiger partial charge on any atom is 0.0370 e. The first-order chi connectivity index (χ1) is 11.1. The van der Waals surface area contributed by atoms with Crippen LogP contribution in [0.15, 0.2) is 47.3 Å². The Morgan fingerprint density at radius 2 is 1.91 bits per heavy atom. The zero-order valence-corrected chi connectivity index (χ0v) is 15.8. The summed E-state index contributed by atoms with van der Waals surface area (Å²) in [5, 5.41) is 3.54. The molecule has 0 atom stereocenters. The molecule has 0 aliphatic heterocycles. The van der Waals surface area contributed by atoms with Gasteiger partial charge in [0.1, 0.15) is 0 Å². The van der Waals surface area contributed by atoms with Crippen LogP contribution in [-0.4, -0.2) is 24.5 Å². The second kappa shape index (κ2) is 11.3. The molecule has 0 amide bonds. The fourth-order valence-corrected chi connectivity index (χ4v) is 3.00. The molecular weight excluding hydrogens is 280 g/mol. The summed E-state index contributed by atoms with van der Waals surface area (Å²) >= 11 is 0. The van der Waals surface area contributed by atoms with E-state index in [9.17, 15) is 0 Å². The van der Waals surface area contributed by atoms with E-state index in [1.54, 1.807) is 5.57 Å². The van der Waals surface area contributed by atoms with Gasteiger partial charge in [0.05, 0.1) is 0 Å². The van der Waals surface area contributed by atoms with Crippen molar-refractivity contribution in [3.05, 3.63) is 47.3 Å². The van der Waals surface area contributed by atoms with E-state index in [-0.39, 0.29) is 0 Å². The molecule has 0 fully saturated rings. The van der Waals surface area contributed by atoms with E-state index in [1.165, 1.54) is 43.5 Å². The first-order valence-electron chi connectivity index (χ1n) is 9.36. The Bertz CT molecular complexity index is 450. The molecule has 0 unspecified atom stereocenters. The van der Waals surface area contributed by atoms with Crippen molar-refractivity contribution in [2.75, 3.05) is 19.6 Å². The molecule has 0 saturated heterocycles. The van der Waals surface area contributed by atoms with Crippen molar-refractivity contribution < 1.29 is 0 Å². The second-order valence-electron chi connectivity index (χ2n) is 6.29. The van der Waals surface area contributed by atoms with Crippen molar-refractivity contribution in [2.24, 2.45) is 0 Å². The van der Waals surface area contributed by atoms with Crippen LogP contribution in [-0.2, 0) is 0 Å². The maximum absolute atomic E-state index is 4.22. The molecule has 0 heterocycles. The molecule has 0 radical (unpaired) electrons. The van der Waals surface area contributed by atoms with Gasteiger partial charge in [0, 0.05) is 11.4 Å². The lowest BCUT2D eigenvalue weighted by Crippen LogP contribution is -2.24. The lowest BCUT2D eigenvalue weighted by atomic mass is 9.94. The van der Waals surface area contributed by atoms with Gasteiger partial charge in [-0.05, 0) is 70.7 Å². The molecule has 1 rings (SSSR count). The van der Waals surface area contributed by atoms with E-state index in [4.69, 9.17) is 0 Å². The molecule has 1 aliphatic carbocycles. The van der Waals surface area contributed by atoms with E-state index in [0.29, 0.717) is 0 Å². The molecule has 1 aliphatic rings. The number of nitrogens with one attached hydrogen (secondary N) is 1. The van der Waals surface area contributed by atoms with E-state index in [1.807, 2.05) is 0 Å². The average molecular weight is 317 g/mol. The molecule has 0 spiro atoms. The average Bonchev–Trinajstić information content (AvgIpc) is 2.60. The Balaban J connectivity index is 2.37. The van der Waals surface area contributed by atoms with Crippen LogP contribution >= 0.6 is 0 Å². The van der Waals surface area contributed by atoms with Crippen LogP contribution in [0.25, 0.3) is 0 Å². The van der Waals surface area contributed by atoms with E-state index in [2.05, 4.69) is 62.7 Å². The van der Waals surface area contributed by atoms with Gasteiger partial charge >= 0.3 is 0 Å². The molecule has 0 aromatic rings. The predicted molar refractivity (Wildman–Crippen MR) is 103 cm³/mol. The molecule has 0 bridgehead atoms. The fourth-order valence-electron chi connectivity index (χ4n) is 3.00. The smallest absolute Gasteiger partial charge is 0.0370 e. The van der Waals surface area contributed by atoms with Crippen molar-refractivity contribution in [1.29, 1.82) is 0 Å². The molecule has 0 aromatic heterocycles. The Morgan fingerprint density at radius 1 is 1.17 bits per heavy atom. The minimum atomic E-state index is 1.06. The van der Waals surface area contributed by atoms with Crippen molar-refractivity contribution in [3.63, 3.8) is 0 Å². The summed E-state index contributed by atoms with van der Waals surface area (Å²) < 4.78 is 0. The number of nitrogens with zero attached hydrogens (tertiary/aromatic N) is 1. The van der Waals surface area contributed by atoms with Gasteiger partial charge in [-0.25, -0.2) is 0 Å². The summed E-state index contributed by atoms with van der Waals surface area (Å²) in [4.78, 5) is 2.48. The molecule has 0 saturated carbocycles. The van der Waals surface area contributed by atoms with Gasteiger partial charge in [-0.15, -0.1) is 0 Å². The van der Waals surface area contributed by atoms with Gasteiger partial charge in [-0.2, -0.15) is 0 Å². The van der Waals surface area contributed by atoms with Gasteiger partial charge in [-0.3, -0.25) is 0 Å². The highest BCUT2D eigenvalue weighted by Gasteiger charge is 2.10. The van der Waals surface area contributed by atoms with Gasteiger partial charge in [0.15, 0.2) is 0 Å². The van der Waals surface area contributed by atoms with Crippen molar-refractivity contribution in [1.82, 2.24) is 10.2 Å². The number of unbranched alkanes of at least 4 members (excludes halogenated alkanes) is 1. The normalized spacial score (nSPS) is 15.4. The molecule has 130 valence electrons. The third-order valence-corrected chi connectivity index (χ3v) is 4.73. The lowest BCUT2D eigenvalue weighted by molar-refractivity contribution is 0.297. The highest BCUT2D eigenvalue weighted by molar-refractivity contribution is 5.38. The third kappa shape index (κ3) is 7.22. The summed E-state index contributed by atoms with van der Waals surface area (Å²) in [6.45, 7) is 16.5. The molecule has 2 heteroatoms. The zero-order chi connectivity index (χ0) is 17.1. The van der Waals surface area contributed by atoms with Crippen LogP contribution in [0.2, 0.25) is 0 Å². The van der Waals surface area contributed by atoms with Crippen molar-refractivity contribution in [3.8, 4) is 0 Å². The van der Waals surface area contributed by atoms with E-state index in [0.717, 1.165) is 31.6 Å². The predicted octanol–water partition coefficient (Wildman–Crippen LogP) is 5.56. The highest BCUT2D eigenvalue weighted by atomic mass is 15.1. The number of hydrogen-bond acceptors (Lipinski definition) is 2. The first kappa shape index (κ1) is 19.8. The highest BCUT2D eigenvalue weighted by Crippen LogP contribution is 2.25. The minimum Gasteiger partial charge on any atom is -0.359 e. The quantitative estimate of drug-likeness (QED) is 0.502. The molecule has 0 aromatic carbocycles. The monoisotopic (exact) mass is 316 g/mol. The fraction of sp³-hybridized carbons (Fsp3) is 0.619. The number of allylic oxidation sites excluding steroid dienone is 6. The summed E-state index contributed by atoms with van der Waals surface area (Å²) in [5.74, 6) is 0. The first-order valence-corrected chi connectivity index (χ1v) is 9.36. The summed E-state index contributed by atoms with van der Waals surface area (Å²) in [6, 6.07) is 0. The van der Waals surface area contributed by atoms with Crippen molar-refractivity contribution in [2.45, 2.75) is 66.2 Å². The van der Waals surface area contributed by atoms with Crippen LogP contribution in [0, 0.1) is 0 Å². The van der Waals surface area contributed by atoms with Gasteiger partial charge < -0.3 is 10.2 Å². The molecular formula is C21H36N2. The topological polar surface area (TPSA) is 15.3 Å². The van der Waals surface area contributed by atoms with Gasteiger partial charge in [-0.1, -0.05) is 51.2 Å². The minimum absolute atomic E-state index is 1.06. The Hall–Kier alpha value is -1.28. The van der Waals surface area contributed by atoms with E-state index < -0.39 is 0 Å². The third-order valence-electron chi connectivity index (χ3n) is 4.73. The maximum atomic E-state index is 4.22. The molecule has 1 N–H and O–H groups in total. The molecule has 2 nitrogen and oxygen atoms in total. The molecule has 23 heavy (non-hydrogen) atoms. The van der Waals surface area contributed by atoms with Crippen LogP contribution in [0.4, 0.5) is 0 Å². The van der Waals surface area contributed by atoms with Crippen LogP contribution in [0.3, 0.4) is 0 Å². The standard InChI is InChI=1S/C21H36N2/c1-6-19-13-15-20(16-14-19)21(7-2)22-18(5)12-10-11-17-23(8-3)9-4/h7,13,15,22H,5-6,8-12,14,16-17H2,1-4H3/b21-7-. The number of rotatable bonds is 11. The van der Waals surface area contributed by atoms with Crippen LogP contribution in [0.1, 0.15) is 66.2 Å². The van der Waals surface area contributed by atoms with Gasteiger partial charge in [0.25, 0.3) is 0 Å². The van der Waals surface area contributed by atoms with Gasteiger partial charge in [0.2, 0.25) is 0 Å². The SMILES string of the molecule is C=C(CCCCN(CC)CC)N/C(=C\C)C1=CC=C(CC)CC1. The Morgan fingerprint density at radius 3 is 2.43 bits per heavy atom. The largest absolute Gasteiger partial charge is 0.359 e. The van der Waals surface area contributed by atoms with Crippen molar-refractivity contribution >= 4 is 0 Å².